The van der Waals surface area contributed by atoms with E-state index in [2.05, 4.69) is 47.4 Å². The van der Waals surface area contributed by atoms with Gasteiger partial charge in [0.25, 0.3) is 0 Å². The van der Waals surface area contributed by atoms with Crippen LogP contribution in [0.5, 0.6) is 0 Å². The molecule has 0 unspecified atom stereocenters. The average molecular weight is 256 g/mol. The molecule has 0 spiro atoms. The van der Waals surface area contributed by atoms with Gasteiger partial charge in [0.1, 0.15) is 5.78 Å². The Morgan fingerprint density at radius 1 is 1.41 bits per heavy atom. The van der Waals surface area contributed by atoms with E-state index in [9.17, 15) is 4.79 Å². The molecule has 0 aliphatic rings. The third-order valence-corrected chi connectivity index (χ3v) is 8.20. The first kappa shape index (κ1) is 16.6. The average Bonchev–Trinajstić information content (AvgIpc) is 2.12. The van der Waals surface area contributed by atoms with Crippen LogP contribution in [0.4, 0.5) is 0 Å². The Balaban J connectivity index is 4.86. The molecule has 0 rings (SSSR count). The van der Waals surface area contributed by atoms with E-state index in [1.54, 1.807) is 6.92 Å². The Hall–Kier alpha value is -0.413. The smallest absolute Gasteiger partial charge is 0.192 e. The second-order valence-corrected chi connectivity index (χ2v) is 11.2. The number of hydrogen-bond acceptors (Lipinski definition) is 2. The zero-order valence-corrected chi connectivity index (χ0v) is 13.5. The van der Waals surface area contributed by atoms with Gasteiger partial charge in [-0.3, -0.25) is 4.79 Å². The van der Waals surface area contributed by atoms with E-state index < -0.39 is 8.32 Å². The van der Waals surface area contributed by atoms with E-state index in [0.29, 0.717) is 6.42 Å². The first-order chi connectivity index (χ1) is 7.51. The molecule has 2 atom stereocenters. The molecule has 0 fully saturated rings. The molecule has 0 heterocycles. The number of ketones is 1. The summed E-state index contributed by atoms with van der Waals surface area (Å²) >= 11 is 0. The van der Waals surface area contributed by atoms with Gasteiger partial charge in [0.2, 0.25) is 0 Å². The van der Waals surface area contributed by atoms with Gasteiger partial charge in [-0.25, -0.2) is 0 Å². The van der Waals surface area contributed by atoms with Crippen molar-refractivity contribution in [2.75, 3.05) is 0 Å². The second-order valence-electron chi connectivity index (χ2n) is 6.42. The minimum atomic E-state index is -1.81. The van der Waals surface area contributed by atoms with Gasteiger partial charge < -0.3 is 4.43 Å². The van der Waals surface area contributed by atoms with Gasteiger partial charge >= 0.3 is 0 Å². The van der Waals surface area contributed by atoms with Crippen LogP contribution in [-0.4, -0.2) is 20.2 Å². The van der Waals surface area contributed by atoms with Crippen molar-refractivity contribution in [2.45, 2.75) is 65.3 Å². The molecule has 0 radical (unpaired) electrons. The Morgan fingerprint density at radius 2 is 1.88 bits per heavy atom. The first-order valence-corrected chi connectivity index (χ1v) is 9.22. The SMILES string of the molecule is C=C[C@@H](C)[C@@H](CC(C)=O)O[Si](C)(C)C(C)(C)C. The Bertz CT molecular complexity index is 276. The van der Waals surface area contributed by atoms with Crippen LogP contribution in [0, 0.1) is 5.92 Å². The summed E-state index contributed by atoms with van der Waals surface area (Å²) < 4.78 is 6.31. The zero-order chi connectivity index (χ0) is 13.9. The topological polar surface area (TPSA) is 26.3 Å². The van der Waals surface area contributed by atoms with Gasteiger partial charge in [0.15, 0.2) is 8.32 Å². The molecule has 0 amide bonds. The minimum Gasteiger partial charge on any atom is -0.413 e. The van der Waals surface area contributed by atoms with Crippen LogP contribution in [0.2, 0.25) is 18.1 Å². The van der Waals surface area contributed by atoms with Crippen molar-refractivity contribution < 1.29 is 9.22 Å². The second kappa shape index (κ2) is 5.96. The molecule has 17 heavy (non-hydrogen) atoms. The van der Waals surface area contributed by atoms with Crippen LogP contribution in [0.15, 0.2) is 12.7 Å². The quantitative estimate of drug-likeness (QED) is 0.526. The Morgan fingerprint density at radius 3 is 2.18 bits per heavy atom. The van der Waals surface area contributed by atoms with Gasteiger partial charge in [-0.1, -0.05) is 33.8 Å². The van der Waals surface area contributed by atoms with Gasteiger partial charge in [-0.05, 0) is 31.0 Å². The number of hydrogen-bond donors (Lipinski definition) is 0. The first-order valence-electron chi connectivity index (χ1n) is 6.31. The third kappa shape index (κ3) is 5.17. The van der Waals surface area contributed by atoms with Crippen LogP contribution in [0.1, 0.15) is 41.0 Å². The van der Waals surface area contributed by atoms with Gasteiger partial charge in [0.05, 0.1) is 6.10 Å². The van der Waals surface area contributed by atoms with E-state index in [1.807, 2.05) is 6.08 Å². The summed E-state index contributed by atoms with van der Waals surface area (Å²) in [5.41, 5.74) is 0. The lowest BCUT2D eigenvalue weighted by Gasteiger charge is -2.40. The van der Waals surface area contributed by atoms with E-state index >= 15 is 0 Å². The fourth-order valence-corrected chi connectivity index (χ4v) is 2.73. The molecule has 2 nitrogen and oxygen atoms in total. The fourth-order valence-electron chi connectivity index (χ4n) is 1.33. The van der Waals surface area contributed by atoms with Crippen molar-refractivity contribution >= 4 is 14.1 Å². The van der Waals surface area contributed by atoms with E-state index in [0.717, 1.165) is 0 Å². The highest BCUT2D eigenvalue weighted by atomic mass is 28.4. The third-order valence-electron chi connectivity index (χ3n) is 3.70. The number of carbonyl (C=O) groups is 1. The molecule has 0 saturated carbocycles. The number of Topliss-reactive ketones (excluding diaryl/α,β-unsaturated/α-hetero) is 1. The monoisotopic (exact) mass is 256 g/mol. The maximum absolute atomic E-state index is 11.3. The van der Waals surface area contributed by atoms with Crippen LogP contribution >= 0.6 is 0 Å². The van der Waals surface area contributed by atoms with Crippen molar-refractivity contribution in [1.82, 2.24) is 0 Å². The summed E-state index contributed by atoms with van der Waals surface area (Å²) in [6.07, 6.45) is 2.34. The lowest BCUT2D eigenvalue weighted by Crippen LogP contribution is -2.45. The van der Waals surface area contributed by atoms with E-state index in [4.69, 9.17) is 4.43 Å². The molecule has 100 valence electrons. The molecule has 0 aliphatic carbocycles. The highest BCUT2D eigenvalue weighted by molar-refractivity contribution is 6.74. The molecular weight excluding hydrogens is 228 g/mol. The maximum atomic E-state index is 11.3. The normalized spacial score (nSPS) is 16.4. The van der Waals surface area contributed by atoms with Crippen LogP contribution in [-0.2, 0) is 9.22 Å². The molecule has 0 aromatic carbocycles. The van der Waals surface area contributed by atoms with Gasteiger partial charge in [-0.2, -0.15) is 0 Å². The van der Waals surface area contributed by atoms with Crippen molar-refractivity contribution in [2.24, 2.45) is 5.92 Å². The summed E-state index contributed by atoms with van der Waals surface area (Å²) in [4.78, 5) is 11.3. The Kier molecular flexibility index (Phi) is 5.82. The maximum Gasteiger partial charge on any atom is 0.192 e. The van der Waals surface area contributed by atoms with Crippen molar-refractivity contribution in [3.05, 3.63) is 12.7 Å². The lowest BCUT2D eigenvalue weighted by atomic mass is 10.0. The molecule has 0 bridgehead atoms. The summed E-state index contributed by atoms with van der Waals surface area (Å²) in [7, 11) is -1.81. The van der Waals surface area contributed by atoms with Gasteiger partial charge in [0, 0.05) is 6.42 Å². The molecule has 0 saturated heterocycles. The number of carbonyl (C=O) groups excluding carboxylic acids is 1. The van der Waals surface area contributed by atoms with Crippen LogP contribution < -0.4 is 0 Å². The largest absolute Gasteiger partial charge is 0.413 e. The molecule has 0 aromatic rings. The summed E-state index contributed by atoms with van der Waals surface area (Å²) in [5.74, 6) is 0.399. The Labute approximate surface area is 108 Å². The van der Waals surface area contributed by atoms with E-state index in [-0.39, 0.29) is 22.8 Å². The van der Waals surface area contributed by atoms with Crippen LogP contribution in [0.3, 0.4) is 0 Å². The standard InChI is InChI=1S/C14H28O2Si/c1-9-11(2)13(10-12(3)15)16-17(7,8)14(4,5)6/h9,11,13H,1,10H2,2-8H3/t11-,13-/m1/s1. The van der Waals surface area contributed by atoms with Crippen LogP contribution in [0.25, 0.3) is 0 Å². The minimum absolute atomic E-state index is 0.0223. The fraction of sp³-hybridized carbons (Fsp3) is 0.786. The van der Waals surface area contributed by atoms with Crippen molar-refractivity contribution in [3.8, 4) is 0 Å². The summed E-state index contributed by atoms with van der Waals surface area (Å²) in [6, 6.07) is 0. The zero-order valence-electron chi connectivity index (χ0n) is 12.5. The molecule has 3 heteroatoms. The molecule has 0 N–H and O–H groups in total. The summed E-state index contributed by atoms with van der Waals surface area (Å²) in [5, 5.41) is 0.170. The van der Waals surface area contributed by atoms with Crippen molar-refractivity contribution in [3.63, 3.8) is 0 Å². The highest BCUT2D eigenvalue weighted by Gasteiger charge is 2.40. The predicted octanol–water partition coefficient (Wildman–Crippen LogP) is 4.18. The highest BCUT2D eigenvalue weighted by Crippen LogP contribution is 2.38. The lowest BCUT2D eigenvalue weighted by molar-refractivity contribution is -0.119. The summed E-state index contributed by atoms with van der Waals surface area (Å²) in [6.45, 7) is 18.6. The predicted molar refractivity (Wildman–Crippen MR) is 76.7 cm³/mol. The molecule has 0 aliphatic heterocycles. The van der Waals surface area contributed by atoms with Crippen molar-refractivity contribution in [1.29, 1.82) is 0 Å². The molecule has 0 aromatic heterocycles. The molecular formula is C14H28O2Si. The number of rotatable bonds is 6. The van der Waals surface area contributed by atoms with Gasteiger partial charge in [-0.15, -0.1) is 6.58 Å². The van der Waals surface area contributed by atoms with E-state index in [1.165, 1.54) is 0 Å².